The lowest BCUT2D eigenvalue weighted by Crippen LogP contribution is -2.49. The van der Waals surface area contributed by atoms with Gasteiger partial charge in [0.2, 0.25) is 0 Å². The number of nitrogens with zero attached hydrogens (tertiary/aromatic N) is 1. The number of carbonyl (C=O) groups is 1. The van der Waals surface area contributed by atoms with Gasteiger partial charge in [-0.05, 0) is 44.8 Å². The Hall–Kier alpha value is -0.380. The van der Waals surface area contributed by atoms with E-state index in [1.807, 2.05) is 18.7 Å². The van der Waals surface area contributed by atoms with Gasteiger partial charge in [-0.2, -0.15) is 11.8 Å². The van der Waals surface area contributed by atoms with Crippen LogP contribution in [0.4, 0.5) is 4.79 Å². The Balaban J connectivity index is 0.00000576. The van der Waals surface area contributed by atoms with Crippen molar-refractivity contribution >= 4 is 47.8 Å². The minimum absolute atomic E-state index is 0. The van der Waals surface area contributed by atoms with Gasteiger partial charge in [-0.1, -0.05) is 13.8 Å². The highest BCUT2D eigenvalue weighted by Crippen LogP contribution is 2.27. The highest BCUT2D eigenvalue weighted by atomic mass is 127. The maximum atomic E-state index is 11.7. The van der Waals surface area contributed by atoms with Crippen LogP contribution in [0.3, 0.4) is 0 Å². The molecular weight excluding hydrogens is 451 g/mol. The minimum atomic E-state index is -0.355. The first-order valence-electron chi connectivity index (χ1n) is 8.91. The van der Waals surface area contributed by atoms with Gasteiger partial charge in [-0.15, -0.1) is 24.0 Å². The van der Waals surface area contributed by atoms with Crippen molar-refractivity contribution in [2.75, 3.05) is 26.5 Å². The molecule has 3 unspecified atom stereocenters. The Bertz CT molecular complexity index is 410. The lowest BCUT2D eigenvalue weighted by molar-refractivity contribution is 0.146. The van der Waals surface area contributed by atoms with E-state index in [9.17, 15) is 4.79 Å². The lowest BCUT2D eigenvalue weighted by Gasteiger charge is -2.23. The fraction of sp³-hybridized carbons (Fsp3) is 0.882. The van der Waals surface area contributed by atoms with Crippen molar-refractivity contribution in [3.63, 3.8) is 0 Å². The van der Waals surface area contributed by atoms with Gasteiger partial charge < -0.3 is 20.7 Å². The van der Waals surface area contributed by atoms with E-state index in [4.69, 9.17) is 4.74 Å². The first-order valence-corrected chi connectivity index (χ1v) is 10.2. The summed E-state index contributed by atoms with van der Waals surface area (Å²) in [5.41, 5.74) is 0. The Kier molecular flexibility index (Phi) is 13.6. The summed E-state index contributed by atoms with van der Waals surface area (Å²) in [6.45, 7) is 7.12. The molecule has 0 aromatic heterocycles. The third-order valence-electron chi connectivity index (χ3n) is 4.15. The molecule has 1 saturated carbocycles. The van der Waals surface area contributed by atoms with Crippen LogP contribution in [0.15, 0.2) is 4.99 Å². The number of alkyl carbamates (subject to hydrolysis) is 1. The van der Waals surface area contributed by atoms with Crippen molar-refractivity contribution in [1.82, 2.24) is 16.0 Å². The normalized spacial score (nSPS) is 21.4. The zero-order valence-electron chi connectivity index (χ0n) is 16.1. The van der Waals surface area contributed by atoms with Crippen molar-refractivity contribution in [2.45, 2.75) is 63.8 Å². The molecule has 0 radical (unpaired) electrons. The second-order valence-corrected chi connectivity index (χ2v) is 7.79. The molecule has 6 nitrogen and oxygen atoms in total. The van der Waals surface area contributed by atoms with Crippen molar-refractivity contribution in [2.24, 2.45) is 10.9 Å². The van der Waals surface area contributed by atoms with Crippen molar-refractivity contribution in [3.05, 3.63) is 0 Å². The predicted octanol–water partition coefficient (Wildman–Crippen LogP) is 3.21. The van der Waals surface area contributed by atoms with Crippen LogP contribution in [0.5, 0.6) is 0 Å². The van der Waals surface area contributed by atoms with Crippen molar-refractivity contribution in [1.29, 1.82) is 0 Å². The molecule has 0 aliphatic heterocycles. The molecule has 0 aromatic rings. The molecular formula is C17H35IN4O2S. The van der Waals surface area contributed by atoms with Crippen LogP contribution >= 0.6 is 35.7 Å². The lowest BCUT2D eigenvalue weighted by atomic mass is 10.0. The number of carbonyl (C=O) groups excluding carboxylic acids is 1. The molecule has 148 valence electrons. The second-order valence-electron chi connectivity index (χ2n) is 6.66. The number of halogens is 1. The minimum Gasteiger partial charge on any atom is -0.450 e. The molecule has 1 aliphatic carbocycles. The molecule has 1 aliphatic rings. The van der Waals surface area contributed by atoms with Gasteiger partial charge >= 0.3 is 6.09 Å². The first-order chi connectivity index (χ1) is 11.5. The van der Waals surface area contributed by atoms with E-state index in [1.165, 1.54) is 19.3 Å². The average molecular weight is 486 g/mol. The number of ether oxygens (including phenoxy) is 1. The van der Waals surface area contributed by atoms with E-state index in [2.05, 4.69) is 41.0 Å². The number of thioether (sulfide) groups is 1. The highest BCUT2D eigenvalue weighted by molar-refractivity contribution is 14.0. The Labute approximate surface area is 174 Å². The smallest absolute Gasteiger partial charge is 0.407 e. The number of guanidine groups is 1. The van der Waals surface area contributed by atoms with E-state index >= 15 is 0 Å². The third kappa shape index (κ3) is 10.4. The topological polar surface area (TPSA) is 74.8 Å². The summed E-state index contributed by atoms with van der Waals surface area (Å²) in [5.74, 6) is 1.30. The summed E-state index contributed by atoms with van der Waals surface area (Å²) in [6, 6.07) is 0.500. The van der Waals surface area contributed by atoms with Gasteiger partial charge in [0, 0.05) is 30.9 Å². The zero-order chi connectivity index (χ0) is 17.9. The third-order valence-corrected chi connectivity index (χ3v) is 5.25. The summed E-state index contributed by atoms with van der Waals surface area (Å²) in [7, 11) is 1.78. The maximum Gasteiger partial charge on any atom is 0.407 e. The molecule has 0 heterocycles. The number of amides is 1. The number of hydrogen-bond acceptors (Lipinski definition) is 4. The first kappa shape index (κ1) is 24.6. The van der Waals surface area contributed by atoms with Gasteiger partial charge in [-0.3, -0.25) is 4.99 Å². The highest BCUT2D eigenvalue weighted by Gasteiger charge is 2.24. The van der Waals surface area contributed by atoms with Crippen LogP contribution in [0.25, 0.3) is 0 Å². The molecule has 3 N–H and O–H groups in total. The molecule has 0 saturated heterocycles. The monoisotopic (exact) mass is 486 g/mol. The molecule has 8 heteroatoms. The molecule has 1 fully saturated rings. The molecule has 0 spiro atoms. The van der Waals surface area contributed by atoms with E-state index in [1.54, 1.807) is 7.05 Å². The fourth-order valence-corrected chi connectivity index (χ4v) is 3.79. The number of rotatable bonds is 8. The van der Waals surface area contributed by atoms with Crippen LogP contribution in [-0.4, -0.2) is 55.8 Å². The summed E-state index contributed by atoms with van der Waals surface area (Å²) < 4.78 is 4.99. The molecule has 0 aromatic carbocycles. The van der Waals surface area contributed by atoms with Crippen molar-refractivity contribution < 1.29 is 9.53 Å². The quantitative estimate of drug-likeness (QED) is 0.279. The van der Waals surface area contributed by atoms with Gasteiger partial charge in [-0.25, -0.2) is 4.79 Å². The average Bonchev–Trinajstić information content (AvgIpc) is 2.98. The molecule has 3 atom stereocenters. The van der Waals surface area contributed by atoms with Gasteiger partial charge in [0.25, 0.3) is 0 Å². The van der Waals surface area contributed by atoms with Gasteiger partial charge in [0.15, 0.2) is 5.96 Å². The number of aliphatic imine (C=N–C) groups is 1. The Morgan fingerprint density at radius 3 is 2.60 bits per heavy atom. The van der Waals surface area contributed by atoms with Crippen molar-refractivity contribution in [3.8, 4) is 0 Å². The maximum absolute atomic E-state index is 11.7. The summed E-state index contributed by atoms with van der Waals surface area (Å²) in [5, 5.41) is 10.5. The van der Waals surface area contributed by atoms with Crippen LogP contribution < -0.4 is 16.0 Å². The van der Waals surface area contributed by atoms with Crippen LogP contribution in [-0.2, 0) is 4.74 Å². The Morgan fingerprint density at radius 1 is 1.36 bits per heavy atom. The zero-order valence-corrected chi connectivity index (χ0v) is 19.3. The van der Waals surface area contributed by atoms with Gasteiger partial charge in [0.05, 0.1) is 6.61 Å². The van der Waals surface area contributed by atoms with Crippen LogP contribution in [0.1, 0.15) is 46.5 Å². The second kappa shape index (κ2) is 13.8. The molecule has 0 bridgehead atoms. The standard InChI is InChI=1S/C17H34N4O2S.HI/c1-6-23-17(22)21-14(9-12(2)3)11-19-16(18-4)20-13-7-8-15(10-13)24-5;/h12-15H,6-11H2,1-5H3,(H,21,22)(H2,18,19,20);1H. The van der Waals surface area contributed by atoms with Crippen LogP contribution in [0.2, 0.25) is 0 Å². The largest absolute Gasteiger partial charge is 0.450 e. The number of hydrogen-bond donors (Lipinski definition) is 3. The van der Waals surface area contributed by atoms with E-state index in [0.29, 0.717) is 25.1 Å². The number of nitrogens with one attached hydrogen (secondary N) is 3. The summed E-state index contributed by atoms with van der Waals surface area (Å²) >= 11 is 1.95. The molecule has 1 rings (SSSR count). The molecule has 1 amide bonds. The predicted molar refractivity (Wildman–Crippen MR) is 118 cm³/mol. The van der Waals surface area contributed by atoms with E-state index < -0.39 is 0 Å². The van der Waals surface area contributed by atoms with Crippen LogP contribution in [0, 0.1) is 5.92 Å². The Morgan fingerprint density at radius 2 is 2.08 bits per heavy atom. The molecule has 25 heavy (non-hydrogen) atoms. The van der Waals surface area contributed by atoms with E-state index in [-0.39, 0.29) is 36.1 Å². The summed E-state index contributed by atoms with van der Waals surface area (Å²) in [6.07, 6.45) is 6.34. The summed E-state index contributed by atoms with van der Waals surface area (Å²) in [4.78, 5) is 16.0. The van der Waals surface area contributed by atoms with Gasteiger partial charge in [0.1, 0.15) is 0 Å². The SMILES string of the molecule is CCOC(=O)NC(CNC(=NC)NC1CCC(SC)C1)CC(C)C.I. The van der Waals surface area contributed by atoms with E-state index in [0.717, 1.165) is 17.6 Å². The fourth-order valence-electron chi connectivity index (χ4n) is 2.99.